The lowest BCUT2D eigenvalue weighted by Crippen LogP contribution is -2.37. The van der Waals surface area contributed by atoms with Crippen LogP contribution < -0.4 is 0 Å². The SMILES string of the molecule is C=C1C/C(C2=CC=CCC2)=C\Sc2ccccc2C12C1=C(C=CCC1)Sc1cc(-c3ccc[nH]3)ccc12. The number of aromatic amines is 1. The molecule has 0 fully saturated rings. The summed E-state index contributed by atoms with van der Waals surface area (Å²) in [4.78, 5) is 7.47. The number of nitrogens with one attached hydrogen (secondary N) is 1. The number of aromatic nitrogens is 1. The Bertz CT molecular complexity index is 1560. The maximum absolute atomic E-state index is 4.93. The first-order valence-corrected chi connectivity index (χ1v) is 14.8. The van der Waals surface area contributed by atoms with Crippen LogP contribution in [-0.2, 0) is 5.41 Å². The van der Waals surface area contributed by atoms with Crippen LogP contribution in [-0.4, -0.2) is 4.98 Å². The quantitative estimate of drug-likeness (QED) is 0.342. The Kier molecular flexibility index (Phi) is 5.79. The number of benzene rings is 2. The second kappa shape index (κ2) is 9.31. The highest BCUT2D eigenvalue weighted by Crippen LogP contribution is 2.61. The molecule has 1 unspecified atom stereocenters. The molecule has 1 atom stereocenters. The van der Waals surface area contributed by atoms with E-state index in [2.05, 4.69) is 95.4 Å². The maximum atomic E-state index is 4.93. The van der Waals surface area contributed by atoms with Gasteiger partial charge in [0.05, 0.1) is 5.41 Å². The summed E-state index contributed by atoms with van der Waals surface area (Å²) in [6.45, 7) is 4.93. The highest BCUT2D eigenvalue weighted by Gasteiger charge is 2.47. The minimum atomic E-state index is -0.330. The Balaban J connectivity index is 1.49. The average Bonchev–Trinajstić information content (AvgIpc) is 3.49. The van der Waals surface area contributed by atoms with Crippen LogP contribution in [0.3, 0.4) is 0 Å². The summed E-state index contributed by atoms with van der Waals surface area (Å²) < 4.78 is 0. The molecule has 1 spiro atoms. The van der Waals surface area contributed by atoms with E-state index in [1.807, 2.05) is 29.7 Å². The van der Waals surface area contributed by atoms with Crippen LogP contribution in [0.25, 0.3) is 11.3 Å². The number of hydrogen-bond acceptors (Lipinski definition) is 2. The summed E-state index contributed by atoms with van der Waals surface area (Å²) in [5.74, 6) is 0. The third-order valence-corrected chi connectivity index (χ3v) is 10.2. The lowest BCUT2D eigenvalue weighted by molar-refractivity contribution is 0.618. The second-order valence-electron chi connectivity index (χ2n) is 10.1. The Hall–Kier alpha value is -3.14. The fourth-order valence-electron chi connectivity index (χ4n) is 6.36. The summed E-state index contributed by atoms with van der Waals surface area (Å²) in [7, 11) is 0. The van der Waals surface area contributed by atoms with E-state index in [0.717, 1.165) is 37.8 Å². The summed E-state index contributed by atoms with van der Waals surface area (Å²) in [5, 5.41) is 2.39. The molecule has 0 saturated heterocycles. The van der Waals surface area contributed by atoms with Crippen molar-refractivity contribution in [3.63, 3.8) is 0 Å². The van der Waals surface area contributed by atoms with E-state index in [-0.39, 0.29) is 5.41 Å². The number of H-pyrrole nitrogens is 1. The van der Waals surface area contributed by atoms with Gasteiger partial charge in [-0.1, -0.05) is 96.4 Å². The molecule has 0 bridgehead atoms. The van der Waals surface area contributed by atoms with Gasteiger partial charge in [0.15, 0.2) is 0 Å². The molecule has 1 aromatic heterocycles. The monoisotopic (exact) mass is 515 g/mol. The van der Waals surface area contributed by atoms with Crippen molar-refractivity contribution in [3.05, 3.63) is 141 Å². The number of hydrogen-bond donors (Lipinski definition) is 1. The van der Waals surface area contributed by atoms with Gasteiger partial charge in [0.25, 0.3) is 0 Å². The summed E-state index contributed by atoms with van der Waals surface area (Å²) in [6, 6.07) is 20.3. The van der Waals surface area contributed by atoms with Crippen LogP contribution in [0.5, 0.6) is 0 Å². The van der Waals surface area contributed by atoms with Crippen LogP contribution in [0.2, 0.25) is 0 Å². The first kappa shape index (κ1) is 23.0. The van der Waals surface area contributed by atoms with Crippen molar-refractivity contribution in [1.29, 1.82) is 0 Å². The Labute approximate surface area is 227 Å². The minimum Gasteiger partial charge on any atom is -0.361 e. The van der Waals surface area contributed by atoms with Crippen molar-refractivity contribution in [2.45, 2.75) is 47.3 Å². The van der Waals surface area contributed by atoms with Gasteiger partial charge in [-0.15, -0.1) is 0 Å². The van der Waals surface area contributed by atoms with Crippen LogP contribution >= 0.6 is 23.5 Å². The molecule has 0 amide bonds. The van der Waals surface area contributed by atoms with Crippen molar-refractivity contribution in [1.82, 2.24) is 4.98 Å². The lowest BCUT2D eigenvalue weighted by atomic mass is 9.61. The van der Waals surface area contributed by atoms with Crippen LogP contribution in [0.4, 0.5) is 0 Å². The van der Waals surface area contributed by atoms with Crippen molar-refractivity contribution in [3.8, 4) is 11.3 Å². The fourth-order valence-corrected chi connectivity index (χ4v) is 8.67. The molecule has 2 aliphatic carbocycles. The summed E-state index contributed by atoms with van der Waals surface area (Å²) in [5.41, 5.74) is 10.5. The number of allylic oxidation sites excluding steroid dienone is 9. The van der Waals surface area contributed by atoms with Gasteiger partial charge < -0.3 is 4.98 Å². The normalized spacial score (nSPS) is 23.9. The van der Waals surface area contributed by atoms with Gasteiger partial charge in [-0.05, 0) is 95.2 Å². The minimum absolute atomic E-state index is 0.330. The lowest BCUT2D eigenvalue weighted by Gasteiger charge is -2.46. The predicted molar refractivity (Wildman–Crippen MR) is 159 cm³/mol. The molecule has 3 heteroatoms. The third-order valence-electron chi connectivity index (χ3n) is 8.07. The Morgan fingerprint density at radius 1 is 0.865 bits per heavy atom. The second-order valence-corrected chi connectivity index (χ2v) is 12.1. The van der Waals surface area contributed by atoms with E-state index in [1.165, 1.54) is 53.7 Å². The van der Waals surface area contributed by atoms with Gasteiger partial charge in [0, 0.05) is 26.6 Å². The Morgan fingerprint density at radius 3 is 2.62 bits per heavy atom. The van der Waals surface area contributed by atoms with Crippen LogP contribution in [0.1, 0.15) is 43.2 Å². The largest absolute Gasteiger partial charge is 0.361 e. The molecule has 2 aromatic carbocycles. The van der Waals surface area contributed by atoms with Crippen molar-refractivity contribution in [2.75, 3.05) is 0 Å². The Morgan fingerprint density at radius 2 is 1.76 bits per heavy atom. The molecule has 2 aliphatic heterocycles. The van der Waals surface area contributed by atoms with Gasteiger partial charge in [0.1, 0.15) is 0 Å². The molecule has 4 aliphatic rings. The topological polar surface area (TPSA) is 15.8 Å². The van der Waals surface area contributed by atoms with Gasteiger partial charge in [0.2, 0.25) is 0 Å². The molecule has 0 radical (unpaired) electrons. The molecule has 1 N–H and O–H groups in total. The molecule has 1 nitrogen and oxygen atoms in total. The molecular formula is C34H29NS2. The molecule has 3 aromatic rings. The zero-order valence-corrected chi connectivity index (χ0v) is 22.4. The summed E-state index contributed by atoms with van der Waals surface area (Å²) >= 11 is 3.82. The van der Waals surface area contributed by atoms with Crippen molar-refractivity contribution in [2.24, 2.45) is 0 Å². The van der Waals surface area contributed by atoms with Gasteiger partial charge in [-0.25, -0.2) is 0 Å². The molecule has 37 heavy (non-hydrogen) atoms. The van der Waals surface area contributed by atoms with Crippen molar-refractivity contribution < 1.29 is 0 Å². The molecule has 3 heterocycles. The number of fused-ring (bicyclic) bond motifs is 5. The van der Waals surface area contributed by atoms with Gasteiger partial charge >= 0.3 is 0 Å². The highest BCUT2D eigenvalue weighted by atomic mass is 32.2. The standard InChI is InChI=1S/C34H29NS2/c1-23-20-26(24-10-3-2-4-11-24)22-36-31-15-7-5-12-27(31)34(23)28-13-6-8-16-32(28)37-33-21-25(17-18-29(33)34)30-14-9-19-35-30/h2-3,5,7-10,12,14-19,21-22,35H,1,4,6,11,13,20H2/b26-22+. The van der Waals surface area contributed by atoms with Gasteiger partial charge in [-0.2, -0.15) is 0 Å². The third kappa shape index (κ3) is 3.71. The zero-order chi connectivity index (χ0) is 24.8. The molecule has 182 valence electrons. The molecular weight excluding hydrogens is 487 g/mol. The van der Waals surface area contributed by atoms with E-state index >= 15 is 0 Å². The summed E-state index contributed by atoms with van der Waals surface area (Å²) in [6.07, 6.45) is 18.8. The maximum Gasteiger partial charge on any atom is 0.0658 e. The van der Waals surface area contributed by atoms with E-state index in [0.29, 0.717) is 0 Å². The first-order valence-electron chi connectivity index (χ1n) is 13.1. The smallest absolute Gasteiger partial charge is 0.0658 e. The number of thioether (sulfide) groups is 2. The van der Waals surface area contributed by atoms with E-state index in [9.17, 15) is 0 Å². The average molecular weight is 516 g/mol. The van der Waals surface area contributed by atoms with E-state index in [4.69, 9.17) is 6.58 Å². The number of rotatable bonds is 2. The highest BCUT2D eigenvalue weighted by molar-refractivity contribution is 8.03. The fraction of sp³-hybridized carbons (Fsp3) is 0.176. The first-order chi connectivity index (χ1) is 18.2. The molecule has 0 saturated carbocycles. The van der Waals surface area contributed by atoms with Crippen LogP contribution in [0.15, 0.2) is 140 Å². The molecule has 7 rings (SSSR count). The predicted octanol–water partition coefficient (Wildman–Crippen LogP) is 9.89. The van der Waals surface area contributed by atoms with E-state index in [1.54, 1.807) is 0 Å². The van der Waals surface area contributed by atoms with Crippen molar-refractivity contribution >= 4 is 23.5 Å². The van der Waals surface area contributed by atoms with Crippen LogP contribution in [0, 0.1) is 0 Å². The van der Waals surface area contributed by atoms with Gasteiger partial charge in [-0.3, -0.25) is 0 Å². The zero-order valence-electron chi connectivity index (χ0n) is 20.8. The van der Waals surface area contributed by atoms with E-state index < -0.39 is 0 Å².